The third-order valence-electron chi connectivity index (χ3n) is 4.53. The van der Waals surface area contributed by atoms with E-state index >= 15 is 0 Å². The molecule has 1 heterocycles. The highest BCUT2D eigenvalue weighted by Gasteiger charge is 2.29. The van der Waals surface area contributed by atoms with Crippen LogP contribution in [-0.4, -0.2) is 98.4 Å². The van der Waals surface area contributed by atoms with Gasteiger partial charge >= 0.3 is 11.9 Å². The quantitative estimate of drug-likeness (QED) is 0.299. The van der Waals surface area contributed by atoms with Crippen molar-refractivity contribution in [2.45, 2.75) is 26.1 Å². The number of hydrogen-bond acceptors (Lipinski definition) is 8. The van der Waals surface area contributed by atoms with Crippen molar-refractivity contribution in [1.82, 2.24) is 20.0 Å². The van der Waals surface area contributed by atoms with Crippen molar-refractivity contribution in [1.29, 1.82) is 0 Å². The Bertz CT molecular complexity index is 881. The average Bonchev–Trinajstić information content (AvgIpc) is 3.26. The van der Waals surface area contributed by atoms with Crippen LogP contribution in [-0.2, 0) is 9.59 Å². The van der Waals surface area contributed by atoms with Gasteiger partial charge in [-0.25, -0.2) is 14.3 Å². The largest absolute Gasteiger partial charge is 0.481 e. The van der Waals surface area contributed by atoms with Crippen molar-refractivity contribution in [2.75, 3.05) is 33.3 Å². The van der Waals surface area contributed by atoms with Gasteiger partial charge < -0.3 is 35.4 Å². The second-order valence-corrected chi connectivity index (χ2v) is 6.67. The molecule has 1 aromatic carbocycles. The number of likely N-dealkylation sites (N-methyl/N-ethyl adjacent to an activating group) is 1. The van der Waals surface area contributed by atoms with E-state index in [4.69, 9.17) is 25.2 Å². The van der Waals surface area contributed by atoms with Gasteiger partial charge in [0.05, 0.1) is 12.8 Å². The molecule has 182 valence electrons. The van der Waals surface area contributed by atoms with Gasteiger partial charge in [-0.2, -0.15) is 5.10 Å². The summed E-state index contributed by atoms with van der Waals surface area (Å²) in [6, 6.07) is 11.2. The van der Waals surface area contributed by atoms with E-state index < -0.39 is 24.1 Å². The summed E-state index contributed by atoms with van der Waals surface area (Å²) in [5.74, 6) is -3.19. The molecule has 1 aromatic heterocycles. The third kappa shape index (κ3) is 8.52. The van der Waals surface area contributed by atoms with Crippen LogP contribution in [0.2, 0.25) is 0 Å². The van der Waals surface area contributed by atoms with Crippen molar-refractivity contribution >= 4 is 17.8 Å². The molecular weight excluding hydrogens is 436 g/mol. The van der Waals surface area contributed by atoms with Gasteiger partial charge in [-0.15, -0.1) is 0 Å². The molecule has 0 spiro atoms. The van der Waals surface area contributed by atoms with Gasteiger partial charge in [0, 0.05) is 19.2 Å². The Kier molecular flexibility index (Phi) is 11.5. The lowest BCUT2D eigenvalue weighted by Crippen LogP contribution is -2.39. The molecule has 33 heavy (non-hydrogen) atoms. The van der Waals surface area contributed by atoms with Crippen LogP contribution < -0.4 is 10.1 Å². The number of amides is 1. The number of para-hydroxylation sites is 1. The SMILES string of the molecule is CCN(CC)CCNC(=O)c1cc(OC)n(-c2ccccc2)n1.O=C(O)C(O)C(O)C(=O)O. The Morgan fingerprint density at radius 2 is 1.61 bits per heavy atom. The molecule has 12 nitrogen and oxygen atoms in total. The summed E-state index contributed by atoms with van der Waals surface area (Å²) in [6.45, 7) is 7.59. The number of rotatable bonds is 11. The first-order chi connectivity index (χ1) is 15.7. The van der Waals surface area contributed by atoms with Crippen LogP contribution in [0.5, 0.6) is 5.88 Å². The fourth-order valence-corrected chi connectivity index (χ4v) is 2.60. The highest BCUT2D eigenvalue weighted by atomic mass is 16.5. The van der Waals surface area contributed by atoms with E-state index in [2.05, 4.69) is 29.2 Å². The molecule has 0 saturated heterocycles. The number of carboxylic acid groups (broad SMARTS) is 2. The van der Waals surface area contributed by atoms with Crippen LogP contribution in [0.15, 0.2) is 36.4 Å². The Morgan fingerprint density at radius 1 is 1.06 bits per heavy atom. The number of hydrogen-bond donors (Lipinski definition) is 5. The maximum absolute atomic E-state index is 12.3. The zero-order valence-corrected chi connectivity index (χ0v) is 18.7. The maximum atomic E-state index is 12.3. The van der Waals surface area contributed by atoms with Crippen LogP contribution in [0, 0.1) is 0 Å². The van der Waals surface area contributed by atoms with Crippen LogP contribution in [0.1, 0.15) is 24.3 Å². The Balaban J connectivity index is 0.000000461. The van der Waals surface area contributed by atoms with Crippen LogP contribution >= 0.6 is 0 Å². The molecule has 0 radical (unpaired) electrons. The number of carbonyl (C=O) groups is 3. The van der Waals surface area contributed by atoms with E-state index in [-0.39, 0.29) is 5.91 Å². The predicted molar refractivity (Wildman–Crippen MR) is 118 cm³/mol. The fourth-order valence-electron chi connectivity index (χ4n) is 2.60. The van der Waals surface area contributed by atoms with Crippen LogP contribution in [0.4, 0.5) is 0 Å². The molecule has 2 aromatic rings. The normalized spacial score (nSPS) is 12.3. The number of aliphatic carboxylic acids is 2. The number of carbonyl (C=O) groups excluding carboxylic acids is 1. The lowest BCUT2D eigenvalue weighted by Gasteiger charge is -2.17. The molecule has 5 N–H and O–H groups in total. The van der Waals surface area contributed by atoms with Gasteiger partial charge in [0.2, 0.25) is 5.88 Å². The molecule has 0 aliphatic rings. The van der Waals surface area contributed by atoms with E-state index in [1.165, 1.54) is 0 Å². The van der Waals surface area contributed by atoms with Crippen molar-refractivity contribution in [3.63, 3.8) is 0 Å². The van der Waals surface area contributed by atoms with E-state index in [1.807, 2.05) is 30.3 Å². The first-order valence-corrected chi connectivity index (χ1v) is 10.2. The number of benzene rings is 1. The zero-order chi connectivity index (χ0) is 25.0. The molecule has 2 atom stereocenters. The Morgan fingerprint density at radius 3 is 2.06 bits per heavy atom. The minimum absolute atomic E-state index is 0.190. The highest BCUT2D eigenvalue weighted by molar-refractivity contribution is 5.92. The maximum Gasteiger partial charge on any atom is 0.335 e. The topological polar surface area (TPSA) is 174 Å². The minimum Gasteiger partial charge on any atom is -0.481 e. The van der Waals surface area contributed by atoms with Crippen LogP contribution in [0.3, 0.4) is 0 Å². The molecule has 0 bridgehead atoms. The summed E-state index contributed by atoms with van der Waals surface area (Å²) < 4.78 is 6.94. The van der Waals surface area contributed by atoms with Gasteiger partial charge in [-0.1, -0.05) is 32.0 Å². The van der Waals surface area contributed by atoms with Crippen molar-refractivity contribution in [3.8, 4) is 11.6 Å². The number of aliphatic hydroxyl groups is 2. The molecule has 2 unspecified atom stereocenters. The molecule has 0 aliphatic carbocycles. The number of carboxylic acids is 2. The van der Waals surface area contributed by atoms with Crippen molar-refractivity contribution in [2.24, 2.45) is 0 Å². The number of nitrogens with one attached hydrogen (secondary N) is 1. The van der Waals surface area contributed by atoms with Gasteiger partial charge in [-0.3, -0.25) is 4.79 Å². The number of aromatic nitrogens is 2. The van der Waals surface area contributed by atoms with Gasteiger partial charge in [-0.05, 0) is 25.2 Å². The van der Waals surface area contributed by atoms with Crippen molar-refractivity contribution in [3.05, 3.63) is 42.1 Å². The van der Waals surface area contributed by atoms with Crippen LogP contribution in [0.25, 0.3) is 5.69 Å². The van der Waals surface area contributed by atoms with Gasteiger partial charge in [0.25, 0.3) is 5.91 Å². The molecule has 12 heteroatoms. The molecule has 2 rings (SSSR count). The van der Waals surface area contributed by atoms with E-state index in [9.17, 15) is 14.4 Å². The van der Waals surface area contributed by atoms with Crippen molar-refractivity contribution < 1.29 is 39.5 Å². The average molecular weight is 466 g/mol. The molecule has 1 amide bonds. The molecule has 0 aliphatic heterocycles. The number of ether oxygens (including phenoxy) is 1. The first-order valence-electron chi connectivity index (χ1n) is 10.2. The highest BCUT2D eigenvalue weighted by Crippen LogP contribution is 2.18. The Labute approximate surface area is 191 Å². The minimum atomic E-state index is -2.27. The third-order valence-corrected chi connectivity index (χ3v) is 4.53. The summed E-state index contributed by atoms with van der Waals surface area (Å²) >= 11 is 0. The smallest absolute Gasteiger partial charge is 0.335 e. The number of nitrogens with zero attached hydrogens (tertiary/aromatic N) is 3. The lowest BCUT2D eigenvalue weighted by molar-refractivity contribution is -0.165. The summed E-state index contributed by atoms with van der Waals surface area (Å²) in [4.78, 5) is 34.1. The van der Waals surface area contributed by atoms with Gasteiger partial charge in [0.1, 0.15) is 0 Å². The Hall–Kier alpha value is -3.48. The number of aliphatic hydroxyl groups excluding tert-OH is 2. The summed E-state index contributed by atoms with van der Waals surface area (Å²) in [6.07, 6.45) is -4.53. The molecule has 0 saturated carbocycles. The molecular formula is C21H30N4O8. The fraction of sp³-hybridized carbons (Fsp3) is 0.429. The second-order valence-electron chi connectivity index (χ2n) is 6.67. The monoisotopic (exact) mass is 466 g/mol. The lowest BCUT2D eigenvalue weighted by atomic mass is 10.2. The van der Waals surface area contributed by atoms with E-state index in [1.54, 1.807) is 17.9 Å². The zero-order valence-electron chi connectivity index (χ0n) is 18.7. The predicted octanol–water partition coefficient (Wildman–Crippen LogP) is -0.170. The summed E-state index contributed by atoms with van der Waals surface area (Å²) in [7, 11) is 1.57. The molecule has 0 fully saturated rings. The standard InChI is InChI=1S/C17H24N4O2.C4H6O6/c1-4-20(5-2)12-11-18-17(22)15-13-16(23-3)21(19-15)14-9-7-6-8-10-14;5-1(3(7)8)2(6)4(9)10/h6-10,13H,4-5,11-12H2,1-3H3,(H,18,22);1-2,5-6H,(H,7,8)(H,9,10). The van der Waals surface area contributed by atoms with E-state index in [0.717, 1.165) is 25.3 Å². The second kappa shape index (κ2) is 13.8. The van der Waals surface area contributed by atoms with E-state index in [0.29, 0.717) is 18.1 Å². The summed E-state index contributed by atoms with van der Waals surface area (Å²) in [5, 5.41) is 39.8. The van der Waals surface area contributed by atoms with Gasteiger partial charge in [0.15, 0.2) is 17.9 Å². The first kappa shape index (κ1) is 27.6. The summed E-state index contributed by atoms with van der Waals surface area (Å²) in [5.41, 5.74) is 1.21. The number of methoxy groups -OCH3 is 1.